The fourth-order valence-corrected chi connectivity index (χ4v) is 1.44. The fraction of sp³-hybridized carbons (Fsp3) is 0.833. The molecule has 0 saturated heterocycles. The van der Waals surface area contributed by atoms with E-state index in [1.54, 1.807) is 0 Å². The molecule has 2 nitrogen and oxygen atoms in total. The van der Waals surface area contributed by atoms with Crippen molar-refractivity contribution in [3.05, 3.63) is 11.8 Å². The first-order valence-corrected chi connectivity index (χ1v) is 5.74. The quantitative estimate of drug-likeness (QED) is 0.550. The molecule has 0 aliphatic heterocycles. The molecule has 0 heterocycles. The summed E-state index contributed by atoms with van der Waals surface area (Å²) in [6, 6.07) is 0. The van der Waals surface area contributed by atoms with Crippen LogP contribution in [-0.2, 0) is 9.47 Å². The van der Waals surface area contributed by atoms with Crippen LogP contribution in [0.2, 0.25) is 0 Å². The molecular formula is C12H17F7O2. The second kappa shape index (κ2) is 6.02. The highest BCUT2D eigenvalue weighted by Gasteiger charge is 2.75. The van der Waals surface area contributed by atoms with Gasteiger partial charge in [0.1, 0.15) is 0 Å². The Kier molecular flexibility index (Phi) is 5.73. The Labute approximate surface area is 117 Å². The van der Waals surface area contributed by atoms with Crippen LogP contribution in [0.1, 0.15) is 20.8 Å². The maximum atomic E-state index is 13.5. The number of alkyl halides is 7. The van der Waals surface area contributed by atoms with Crippen molar-refractivity contribution >= 4 is 0 Å². The predicted octanol–water partition coefficient (Wildman–Crippen LogP) is 4.41. The zero-order chi connectivity index (χ0) is 17.3. The van der Waals surface area contributed by atoms with Gasteiger partial charge in [-0.25, -0.2) is 0 Å². The summed E-state index contributed by atoms with van der Waals surface area (Å²) in [6.45, 7) is 4.60. The number of methoxy groups -OCH3 is 2. The normalized spacial score (nSPS) is 16.9. The Morgan fingerprint density at radius 2 is 1.33 bits per heavy atom. The molecule has 0 saturated carbocycles. The van der Waals surface area contributed by atoms with Crippen LogP contribution in [-0.4, -0.2) is 38.3 Å². The van der Waals surface area contributed by atoms with Crippen LogP contribution in [0.25, 0.3) is 0 Å². The van der Waals surface area contributed by atoms with Crippen LogP contribution >= 0.6 is 0 Å². The first kappa shape index (κ1) is 20.0. The van der Waals surface area contributed by atoms with E-state index in [4.69, 9.17) is 4.74 Å². The molecule has 0 fully saturated rings. The number of halogens is 7. The standard InChI is InChI=1S/C12H17F7O2/c1-9(2,3)7(20-4)6-8(21-5)10(13,14)11(15,16)12(17,18)19/h6-7H,1-5H3/b8-6-. The highest BCUT2D eigenvalue weighted by Crippen LogP contribution is 2.50. The maximum Gasteiger partial charge on any atom is 0.460 e. The molecule has 0 aromatic carbocycles. The van der Waals surface area contributed by atoms with Crippen LogP contribution in [0.3, 0.4) is 0 Å². The van der Waals surface area contributed by atoms with Gasteiger partial charge >= 0.3 is 18.0 Å². The summed E-state index contributed by atoms with van der Waals surface area (Å²) in [4.78, 5) is 0. The van der Waals surface area contributed by atoms with E-state index in [-0.39, 0.29) is 0 Å². The minimum absolute atomic E-state index is 0.430. The van der Waals surface area contributed by atoms with E-state index in [1.165, 1.54) is 20.8 Å². The lowest BCUT2D eigenvalue weighted by Gasteiger charge is -2.32. The highest BCUT2D eigenvalue weighted by atomic mass is 19.4. The van der Waals surface area contributed by atoms with E-state index in [2.05, 4.69) is 4.74 Å². The lowest BCUT2D eigenvalue weighted by Crippen LogP contribution is -2.53. The third-order valence-electron chi connectivity index (χ3n) is 2.69. The molecular weight excluding hydrogens is 309 g/mol. The largest absolute Gasteiger partial charge is 0.495 e. The Bertz CT molecular complexity index is 380. The summed E-state index contributed by atoms with van der Waals surface area (Å²) in [6.07, 6.45) is -7.14. The third-order valence-corrected chi connectivity index (χ3v) is 2.69. The van der Waals surface area contributed by atoms with Crippen molar-refractivity contribution in [3.8, 4) is 0 Å². The molecule has 0 rings (SSSR count). The van der Waals surface area contributed by atoms with Crippen LogP contribution in [0, 0.1) is 5.41 Å². The van der Waals surface area contributed by atoms with E-state index in [0.29, 0.717) is 13.2 Å². The summed E-state index contributed by atoms with van der Waals surface area (Å²) in [7, 11) is 1.70. The molecule has 0 amide bonds. The lowest BCUT2D eigenvalue weighted by molar-refractivity contribution is -0.350. The van der Waals surface area contributed by atoms with Gasteiger partial charge in [-0.15, -0.1) is 0 Å². The van der Waals surface area contributed by atoms with Gasteiger partial charge in [-0.3, -0.25) is 0 Å². The fourth-order valence-electron chi connectivity index (χ4n) is 1.44. The molecule has 9 heteroatoms. The minimum atomic E-state index is -6.42. The molecule has 0 aliphatic rings. The monoisotopic (exact) mass is 326 g/mol. The van der Waals surface area contributed by atoms with Crippen molar-refractivity contribution < 1.29 is 40.2 Å². The Morgan fingerprint density at radius 1 is 0.905 bits per heavy atom. The predicted molar refractivity (Wildman–Crippen MR) is 61.3 cm³/mol. The second-order valence-corrected chi connectivity index (χ2v) is 5.40. The maximum absolute atomic E-state index is 13.5. The van der Waals surface area contributed by atoms with Gasteiger partial charge in [-0.05, 0) is 11.5 Å². The van der Waals surface area contributed by atoms with Gasteiger partial charge in [-0.1, -0.05) is 20.8 Å². The average Bonchev–Trinajstić information content (AvgIpc) is 2.26. The SMILES string of the molecule is CO/C(=C\C(OC)C(C)(C)C)C(F)(F)C(F)(F)C(F)(F)F. The summed E-state index contributed by atoms with van der Waals surface area (Å²) in [5.74, 6) is -13.6. The average molecular weight is 326 g/mol. The Morgan fingerprint density at radius 3 is 1.57 bits per heavy atom. The van der Waals surface area contributed by atoms with Crippen molar-refractivity contribution in [1.29, 1.82) is 0 Å². The Hall–Kier alpha value is -0.990. The van der Waals surface area contributed by atoms with Crippen molar-refractivity contribution in [2.24, 2.45) is 5.41 Å². The second-order valence-electron chi connectivity index (χ2n) is 5.40. The van der Waals surface area contributed by atoms with E-state index < -0.39 is 35.3 Å². The van der Waals surface area contributed by atoms with E-state index in [9.17, 15) is 30.7 Å². The molecule has 0 aliphatic carbocycles. The summed E-state index contributed by atoms with van der Waals surface area (Å²) < 4.78 is 98.3. The molecule has 1 unspecified atom stereocenters. The van der Waals surface area contributed by atoms with Crippen molar-refractivity contribution in [3.63, 3.8) is 0 Å². The summed E-state index contributed by atoms with van der Waals surface area (Å²) >= 11 is 0. The number of rotatable bonds is 5. The van der Waals surface area contributed by atoms with E-state index in [0.717, 1.165) is 7.11 Å². The molecule has 0 N–H and O–H groups in total. The molecule has 0 bridgehead atoms. The van der Waals surface area contributed by atoms with Crippen molar-refractivity contribution in [2.45, 2.75) is 44.9 Å². The van der Waals surface area contributed by atoms with Crippen LogP contribution in [0.4, 0.5) is 30.7 Å². The third kappa shape index (κ3) is 4.02. The minimum Gasteiger partial charge on any atom is -0.495 e. The molecule has 1 atom stereocenters. The molecule has 0 radical (unpaired) electrons. The first-order chi connectivity index (χ1) is 9.12. The molecule has 126 valence electrons. The van der Waals surface area contributed by atoms with Gasteiger partial charge in [0, 0.05) is 7.11 Å². The van der Waals surface area contributed by atoms with Gasteiger partial charge in [0.05, 0.1) is 13.2 Å². The van der Waals surface area contributed by atoms with Crippen LogP contribution in [0.5, 0.6) is 0 Å². The van der Waals surface area contributed by atoms with E-state index >= 15 is 0 Å². The van der Waals surface area contributed by atoms with Gasteiger partial charge in [0.2, 0.25) is 0 Å². The van der Waals surface area contributed by atoms with Gasteiger partial charge in [-0.2, -0.15) is 30.7 Å². The van der Waals surface area contributed by atoms with Gasteiger partial charge in [0.15, 0.2) is 5.76 Å². The smallest absolute Gasteiger partial charge is 0.460 e. The van der Waals surface area contributed by atoms with E-state index in [1.807, 2.05) is 0 Å². The van der Waals surface area contributed by atoms with Crippen molar-refractivity contribution in [1.82, 2.24) is 0 Å². The highest BCUT2D eigenvalue weighted by molar-refractivity contribution is 5.16. The van der Waals surface area contributed by atoms with Crippen LogP contribution in [0.15, 0.2) is 11.8 Å². The molecule has 21 heavy (non-hydrogen) atoms. The number of ether oxygens (including phenoxy) is 2. The number of allylic oxidation sites excluding steroid dienone is 1. The van der Waals surface area contributed by atoms with Crippen LogP contribution < -0.4 is 0 Å². The lowest BCUT2D eigenvalue weighted by atomic mass is 9.88. The number of hydrogen-bond donors (Lipinski definition) is 0. The molecule has 0 aromatic rings. The molecule has 0 aromatic heterocycles. The Balaban J connectivity index is 5.84. The molecule has 0 spiro atoms. The van der Waals surface area contributed by atoms with Gasteiger partial charge in [0.25, 0.3) is 0 Å². The topological polar surface area (TPSA) is 18.5 Å². The zero-order valence-corrected chi connectivity index (χ0v) is 12.1. The number of hydrogen-bond acceptors (Lipinski definition) is 2. The first-order valence-electron chi connectivity index (χ1n) is 5.74. The van der Waals surface area contributed by atoms with Gasteiger partial charge < -0.3 is 9.47 Å². The zero-order valence-electron chi connectivity index (χ0n) is 12.1. The van der Waals surface area contributed by atoms with Crippen molar-refractivity contribution in [2.75, 3.05) is 14.2 Å². The summed E-state index contributed by atoms with van der Waals surface area (Å²) in [5.41, 5.74) is -0.817. The summed E-state index contributed by atoms with van der Waals surface area (Å²) in [5, 5.41) is 0.